The van der Waals surface area contributed by atoms with Gasteiger partial charge >= 0.3 is 5.97 Å². The smallest absolute Gasteiger partial charge is 0.341 e. The van der Waals surface area contributed by atoms with Gasteiger partial charge in [0, 0.05) is 11.1 Å². The molecule has 7 heteroatoms. The Hall–Kier alpha value is -1.92. The van der Waals surface area contributed by atoms with Gasteiger partial charge in [0.25, 0.3) is 5.91 Å². The number of aromatic nitrogens is 1. The Morgan fingerprint density at radius 3 is 2.77 bits per heavy atom. The first-order valence-corrected chi connectivity index (χ1v) is 7.81. The lowest BCUT2D eigenvalue weighted by Gasteiger charge is -2.07. The molecule has 1 N–H and O–H groups in total. The molecule has 0 atom stereocenters. The minimum Gasteiger partial charge on any atom is -0.465 e. The minimum atomic E-state index is -0.464. The number of rotatable bonds is 4. The van der Waals surface area contributed by atoms with E-state index in [1.807, 2.05) is 13.8 Å². The number of thiophene rings is 1. The van der Waals surface area contributed by atoms with Crippen molar-refractivity contribution in [1.82, 2.24) is 4.98 Å². The fraction of sp³-hybridized carbons (Fsp3) is 0.267. The Morgan fingerprint density at radius 1 is 1.45 bits per heavy atom. The highest BCUT2D eigenvalue weighted by Gasteiger charge is 2.23. The van der Waals surface area contributed by atoms with E-state index in [2.05, 4.69) is 10.3 Å². The minimum absolute atomic E-state index is 0.114. The normalized spacial score (nSPS) is 10.4. The number of pyridine rings is 1. The van der Waals surface area contributed by atoms with Crippen LogP contribution >= 0.6 is 22.9 Å². The average molecular weight is 339 g/mol. The summed E-state index contributed by atoms with van der Waals surface area (Å²) in [7, 11) is 1.32. The molecule has 0 saturated carbocycles. The molecule has 22 heavy (non-hydrogen) atoms. The number of amides is 1. The zero-order valence-electron chi connectivity index (χ0n) is 12.4. The standard InChI is InChI=1S/C15H15ClN2O3S/c1-4-9-8(2)22-14(11(9)15(20)21-3)18-13(19)10-6-5-7-17-12(10)16/h5-7H,4H2,1-3H3,(H,18,19). The molecule has 2 heterocycles. The highest BCUT2D eigenvalue weighted by atomic mass is 35.5. The number of hydrogen-bond donors (Lipinski definition) is 1. The van der Waals surface area contributed by atoms with Crippen LogP contribution in [0.25, 0.3) is 0 Å². The molecule has 0 aliphatic rings. The molecule has 2 rings (SSSR count). The number of nitrogens with one attached hydrogen (secondary N) is 1. The van der Waals surface area contributed by atoms with Gasteiger partial charge in [0.05, 0.1) is 18.2 Å². The maximum Gasteiger partial charge on any atom is 0.341 e. The van der Waals surface area contributed by atoms with Gasteiger partial charge in [0.1, 0.15) is 10.2 Å². The lowest BCUT2D eigenvalue weighted by Crippen LogP contribution is -2.15. The molecule has 0 aromatic carbocycles. The zero-order chi connectivity index (χ0) is 16.3. The number of ether oxygens (including phenoxy) is 1. The van der Waals surface area contributed by atoms with Crippen molar-refractivity contribution in [1.29, 1.82) is 0 Å². The van der Waals surface area contributed by atoms with Crippen molar-refractivity contribution in [2.24, 2.45) is 0 Å². The van der Waals surface area contributed by atoms with Crippen molar-refractivity contribution < 1.29 is 14.3 Å². The van der Waals surface area contributed by atoms with Crippen LogP contribution in [0.4, 0.5) is 5.00 Å². The fourth-order valence-corrected chi connectivity index (χ4v) is 3.47. The number of halogens is 1. The number of anilines is 1. The van der Waals surface area contributed by atoms with Crippen LogP contribution in [-0.4, -0.2) is 24.0 Å². The predicted molar refractivity (Wildman–Crippen MR) is 87.0 cm³/mol. The van der Waals surface area contributed by atoms with Gasteiger partial charge in [-0.2, -0.15) is 0 Å². The molecule has 0 spiro atoms. The van der Waals surface area contributed by atoms with Crippen LogP contribution in [0.3, 0.4) is 0 Å². The van der Waals surface area contributed by atoms with Gasteiger partial charge in [0.2, 0.25) is 0 Å². The van der Waals surface area contributed by atoms with Crippen LogP contribution < -0.4 is 5.32 Å². The second-order valence-electron chi connectivity index (χ2n) is 4.48. The van der Waals surface area contributed by atoms with Crippen molar-refractivity contribution in [3.63, 3.8) is 0 Å². The van der Waals surface area contributed by atoms with Crippen molar-refractivity contribution in [2.75, 3.05) is 12.4 Å². The lowest BCUT2D eigenvalue weighted by molar-refractivity contribution is 0.0601. The summed E-state index contributed by atoms with van der Waals surface area (Å²) in [4.78, 5) is 29.2. The third kappa shape index (κ3) is 3.13. The summed E-state index contributed by atoms with van der Waals surface area (Å²) < 4.78 is 4.82. The summed E-state index contributed by atoms with van der Waals surface area (Å²) in [6.45, 7) is 3.85. The SMILES string of the molecule is CCc1c(C)sc(NC(=O)c2cccnc2Cl)c1C(=O)OC. The molecule has 0 aliphatic heterocycles. The van der Waals surface area contributed by atoms with Crippen molar-refractivity contribution in [2.45, 2.75) is 20.3 Å². The second-order valence-corrected chi connectivity index (χ2v) is 6.06. The van der Waals surface area contributed by atoms with Crippen molar-refractivity contribution in [3.8, 4) is 0 Å². The molecule has 1 amide bonds. The Balaban J connectivity index is 2.40. The van der Waals surface area contributed by atoms with E-state index in [0.717, 1.165) is 10.4 Å². The topological polar surface area (TPSA) is 68.3 Å². The lowest BCUT2D eigenvalue weighted by atomic mass is 10.1. The quantitative estimate of drug-likeness (QED) is 0.681. The number of aryl methyl sites for hydroxylation is 1. The van der Waals surface area contributed by atoms with E-state index >= 15 is 0 Å². The molecule has 0 saturated heterocycles. The summed E-state index contributed by atoms with van der Waals surface area (Å²) in [5.41, 5.74) is 1.54. The Kier molecular flexibility index (Phi) is 5.15. The molecular formula is C15H15ClN2O3S. The maximum absolute atomic E-state index is 12.3. The highest BCUT2D eigenvalue weighted by Crippen LogP contribution is 2.34. The first-order chi connectivity index (χ1) is 10.5. The molecule has 5 nitrogen and oxygen atoms in total. The third-order valence-corrected chi connectivity index (χ3v) is 4.55. The molecule has 0 radical (unpaired) electrons. The maximum atomic E-state index is 12.3. The van der Waals surface area contributed by atoms with Gasteiger partial charge in [-0.05, 0) is 31.0 Å². The van der Waals surface area contributed by atoms with Crippen LogP contribution in [-0.2, 0) is 11.2 Å². The van der Waals surface area contributed by atoms with Crippen LogP contribution in [0.1, 0.15) is 38.1 Å². The second kappa shape index (κ2) is 6.89. The van der Waals surface area contributed by atoms with Gasteiger partial charge < -0.3 is 10.1 Å². The van der Waals surface area contributed by atoms with Gasteiger partial charge in [-0.1, -0.05) is 18.5 Å². The predicted octanol–water partition coefficient (Wildman–Crippen LogP) is 3.71. The average Bonchev–Trinajstić information content (AvgIpc) is 2.82. The molecule has 2 aromatic heterocycles. The molecule has 0 bridgehead atoms. The van der Waals surface area contributed by atoms with E-state index in [1.165, 1.54) is 24.6 Å². The Morgan fingerprint density at radius 2 is 2.18 bits per heavy atom. The first-order valence-electron chi connectivity index (χ1n) is 6.62. The van der Waals surface area contributed by atoms with Gasteiger partial charge in [-0.3, -0.25) is 4.79 Å². The van der Waals surface area contributed by atoms with E-state index in [9.17, 15) is 9.59 Å². The Bertz CT molecular complexity index is 728. The number of carbonyl (C=O) groups is 2. The molecule has 0 unspecified atom stereocenters. The summed E-state index contributed by atoms with van der Waals surface area (Å²) >= 11 is 7.26. The molecule has 0 aliphatic carbocycles. The zero-order valence-corrected chi connectivity index (χ0v) is 14.0. The van der Waals surface area contributed by atoms with Gasteiger partial charge in [-0.15, -0.1) is 11.3 Å². The van der Waals surface area contributed by atoms with E-state index in [1.54, 1.807) is 12.1 Å². The summed E-state index contributed by atoms with van der Waals surface area (Å²) in [5.74, 6) is -0.874. The third-order valence-electron chi connectivity index (χ3n) is 3.18. The van der Waals surface area contributed by atoms with E-state index in [0.29, 0.717) is 17.0 Å². The van der Waals surface area contributed by atoms with Crippen LogP contribution in [0.15, 0.2) is 18.3 Å². The summed E-state index contributed by atoms with van der Waals surface area (Å²) in [6, 6.07) is 3.20. The highest BCUT2D eigenvalue weighted by molar-refractivity contribution is 7.16. The summed E-state index contributed by atoms with van der Waals surface area (Å²) in [5, 5.41) is 3.31. The van der Waals surface area contributed by atoms with E-state index in [-0.39, 0.29) is 10.7 Å². The largest absolute Gasteiger partial charge is 0.465 e. The van der Waals surface area contributed by atoms with Crippen LogP contribution in [0, 0.1) is 6.92 Å². The Labute approximate surface area is 137 Å². The molecule has 0 fully saturated rings. The van der Waals surface area contributed by atoms with Crippen LogP contribution in [0.2, 0.25) is 5.15 Å². The first kappa shape index (κ1) is 16.5. The van der Waals surface area contributed by atoms with Crippen molar-refractivity contribution >= 4 is 39.8 Å². The van der Waals surface area contributed by atoms with E-state index < -0.39 is 11.9 Å². The summed E-state index contributed by atoms with van der Waals surface area (Å²) in [6.07, 6.45) is 2.18. The number of hydrogen-bond acceptors (Lipinski definition) is 5. The van der Waals surface area contributed by atoms with Gasteiger partial charge in [-0.25, -0.2) is 9.78 Å². The van der Waals surface area contributed by atoms with Gasteiger partial charge in [0.15, 0.2) is 0 Å². The van der Waals surface area contributed by atoms with E-state index in [4.69, 9.17) is 16.3 Å². The van der Waals surface area contributed by atoms with Crippen molar-refractivity contribution in [3.05, 3.63) is 45.1 Å². The monoisotopic (exact) mass is 338 g/mol. The molecule has 116 valence electrons. The number of methoxy groups -OCH3 is 1. The number of carbonyl (C=O) groups excluding carboxylic acids is 2. The molecule has 2 aromatic rings. The molecular weight excluding hydrogens is 324 g/mol. The number of esters is 1. The van der Waals surface area contributed by atoms with Crippen LogP contribution in [0.5, 0.6) is 0 Å². The number of nitrogens with zero attached hydrogens (tertiary/aromatic N) is 1. The fourth-order valence-electron chi connectivity index (χ4n) is 2.14.